The minimum atomic E-state index is -0.452. The van der Waals surface area contributed by atoms with Gasteiger partial charge < -0.3 is 0 Å². The smallest absolute Gasteiger partial charge is 0.0910 e. The fourth-order valence-electron chi connectivity index (χ4n) is 2.37. The van der Waals surface area contributed by atoms with Gasteiger partial charge >= 0.3 is 0 Å². The Morgan fingerprint density at radius 2 is 1.69 bits per heavy atom. The van der Waals surface area contributed by atoms with Gasteiger partial charge in [0.05, 0.1) is 8.80 Å². The van der Waals surface area contributed by atoms with Crippen molar-refractivity contribution in [3.63, 3.8) is 0 Å². The first-order chi connectivity index (χ1) is 7.47. The molecule has 1 aromatic carbocycles. The van der Waals surface area contributed by atoms with E-state index in [4.69, 9.17) is 0 Å². The number of rotatable bonds is 4. The van der Waals surface area contributed by atoms with Crippen LogP contribution in [0.15, 0.2) is 24.8 Å². The molecule has 0 saturated heterocycles. The van der Waals surface area contributed by atoms with Gasteiger partial charge in [0.25, 0.3) is 0 Å². The van der Waals surface area contributed by atoms with Gasteiger partial charge in [0, 0.05) is 0 Å². The fourth-order valence-corrected chi connectivity index (χ4v) is 5.64. The Morgan fingerprint density at radius 3 is 2.12 bits per heavy atom. The second-order valence-electron chi connectivity index (χ2n) is 5.04. The summed E-state index contributed by atoms with van der Waals surface area (Å²) in [5.74, 6) is 0. The van der Waals surface area contributed by atoms with Crippen molar-refractivity contribution in [1.29, 1.82) is 0 Å². The minimum Gasteiger partial charge on any atom is -0.0985 e. The first-order valence-corrected chi connectivity index (χ1v) is 7.73. The van der Waals surface area contributed by atoms with Gasteiger partial charge in [-0.1, -0.05) is 63.7 Å². The Bertz CT molecular complexity index is 356. The van der Waals surface area contributed by atoms with Crippen molar-refractivity contribution < 1.29 is 0 Å². The molecule has 0 fully saturated rings. The molecule has 0 aromatic heterocycles. The molecule has 0 nitrogen and oxygen atoms in total. The SMILES string of the molecule is C=Cc1cc([Si](C(C)C)C(C)C)ccc1C. The first kappa shape index (κ1) is 13.2. The predicted molar refractivity (Wildman–Crippen MR) is 76.9 cm³/mol. The monoisotopic (exact) mass is 231 g/mol. The molecular formula is C15H23Si. The molecule has 0 atom stereocenters. The maximum absolute atomic E-state index is 3.89. The normalized spacial score (nSPS) is 11.5. The van der Waals surface area contributed by atoms with E-state index >= 15 is 0 Å². The van der Waals surface area contributed by atoms with Crippen LogP contribution in [0.2, 0.25) is 11.1 Å². The van der Waals surface area contributed by atoms with Crippen molar-refractivity contribution in [1.82, 2.24) is 0 Å². The fraction of sp³-hybridized carbons (Fsp3) is 0.467. The zero-order valence-electron chi connectivity index (χ0n) is 11.2. The number of aryl methyl sites for hydroxylation is 1. The summed E-state index contributed by atoms with van der Waals surface area (Å²) in [6.07, 6.45) is 1.97. The molecule has 0 aliphatic carbocycles. The van der Waals surface area contributed by atoms with Gasteiger partial charge in [0.1, 0.15) is 0 Å². The maximum Gasteiger partial charge on any atom is 0.0910 e. The van der Waals surface area contributed by atoms with E-state index in [1.54, 1.807) is 5.19 Å². The molecule has 16 heavy (non-hydrogen) atoms. The summed E-state index contributed by atoms with van der Waals surface area (Å²) in [6, 6.07) is 6.90. The molecule has 1 rings (SSSR count). The van der Waals surface area contributed by atoms with Crippen LogP contribution >= 0.6 is 0 Å². The Balaban J connectivity index is 3.15. The van der Waals surface area contributed by atoms with E-state index in [-0.39, 0.29) is 0 Å². The molecule has 0 aliphatic heterocycles. The van der Waals surface area contributed by atoms with Gasteiger partial charge in [-0.25, -0.2) is 0 Å². The van der Waals surface area contributed by atoms with E-state index in [9.17, 15) is 0 Å². The predicted octanol–water partition coefficient (Wildman–Crippen LogP) is 4.16. The molecule has 0 bridgehead atoms. The number of hydrogen-bond donors (Lipinski definition) is 0. The zero-order chi connectivity index (χ0) is 12.3. The van der Waals surface area contributed by atoms with Gasteiger partial charge in [-0.2, -0.15) is 0 Å². The highest BCUT2D eigenvalue weighted by Crippen LogP contribution is 2.21. The molecular weight excluding hydrogens is 208 g/mol. The highest BCUT2D eigenvalue weighted by molar-refractivity contribution is 6.75. The van der Waals surface area contributed by atoms with E-state index in [0.29, 0.717) is 0 Å². The lowest BCUT2D eigenvalue weighted by molar-refractivity contribution is 0.951. The van der Waals surface area contributed by atoms with E-state index in [1.165, 1.54) is 11.1 Å². The van der Waals surface area contributed by atoms with E-state index < -0.39 is 8.80 Å². The third kappa shape index (κ3) is 2.85. The molecule has 1 aromatic rings. The summed E-state index contributed by atoms with van der Waals surface area (Å²) in [6.45, 7) is 15.4. The van der Waals surface area contributed by atoms with Gasteiger partial charge in [0.2, 0.25) is 0 Å². The molecule has 87 valence electrons. The second-order valence-corrected chi connectivity index (χ2v) is 8.84. The van der Waals surface area contributed by atoms with Crippen LogP contribution in [0.1, 0.15) is 38.8 Å². The number of hydrogen-bond acceptors (Lipinski definition) is 0. The van der Waals surface area contributed by atoms with Crippen molar-refractivity contribution in [3.05, 3.63) is 35.9 Å². The lowest BCUT2D eigenvalue weighted by Crippen LogP contribution is -2.36. The lowest BCUT2D eigenvalue weighted by atomic mass is 10.1. The molecule has 0 N–H and O–H groups in total. The Labute approximate surface area is 102 Å². The minimum absolute atomic E-state index is 0.452. The van der Waals surface area contributed by atoms with Crippen LogP contribution in [-0.4, -0.2) is 8.80 Å². The molecule has 0 unspecified atom stereocenters. The van der Waals surface area contributed by atoms with Crippen LogP contribution < -0.4 is 5.19 Å². The van der Waals surface area contributed by atoms with E-state index in [2.05, 4.69) is 59.4 Å². The highest BCUT2D eigenvalue weighted by Gasteiger charge is 2.22. The van der Waals surface area contributed by atoms with Crippen LogP contribution in [0.3, 0.4) is 0 Å². The Morgan fingerprint density at radius 1 is 1.12 bits per heavy atom. The van der Waals surface area contributed by atoms with E-state index in [1.807, 2.05) is 6.08 Å². The lowest BCUT2D eigenvalue weighted by Gasteiger charge is -2.23. The van der Waals surface area contributed by atoms with Gasteiger partial charge in [-0.05, 0) is 29.1 Å². The summed E-state index contributed by atoms with van der Waals surface area (Å²) < 4.78 is 0. The average Bonchev–Trinajstić information content (AvgIpc) is 2.19. The van der Waals surface area contributed by atoms with Crippen LogP contribution in [0.25, 0.3) is 6.08 Å². The molecule has 1 heteroatoms. The quantitative estimate of drug-likeness (QED) is 0.683. The van der Waals surface area contributed by atoms with Gasteiger partial charge in [-0.15, -0.1) is 0 Å². The molecule has 0 spiro atoms. The molecule has 0 aliphatic rings. The Hall–Kier alpha value is -0.823. The van der Waals surface area contributed by atoms with Crippen molar-refractivity contribution >= 4 is 20.1 Å². The van der Waals surface area contributed by atoms with Crippen molar-refractivity contribution in [3.8, 4) is 0 Å². The van der Waals surface area contributed by atoms with Crippen LogP contribution in [-0.2, 0) is 0 Å². The molecule has 0 saturated carbocycles. The van der Waals surface area contributed by atoms with Gasteiger partial charge in [-0.3, -0.25) is 0 Å². The van der Waals surface area contributed by atoms with Crippen molar-refractivity contribution in [2.24, 2.45) is 0 Å². The third-order valence-corrected chi connectivity index (χ3v) is 6.54. The van der Waals surface area contributed by atoms with Crippen LogP contribution in [0.5, 0.6) is 0 Å². The summed E-state index contributed by atoms with van der Waals surface area (Å²) in [5.41, 5.74) is 4.18. The van der Waals surface area contributed by atoms with Gasteiger partial charge in [0.15, 0.2) is 0 Å². The molecule has 0 amide bonds. The average molecular weight is 231 g/mol. The molecule has 1 radical (unpaired) electrons. The van der Waals surface area contributed by atoms with E-state index in [0.717, 1.165) is 11.1 Å². The zero-order valence-corrected chi connectivity index (χ0v) is 12.2. The summed E-state index contributed by atoms with van der Waals surface area (Å²) in [7, 11) is -0.452. The molecule has 0 heterocycles. The Kier molecular flexibility index (Phi) is 4.54. The maximum atomic E-state index is 3.89. The van der Waals surface area contributed by atoms with Crippen LogP contribution in [0.4, 0.5) is 0 Å². The van der Waals surface area contributed by atoms with Crippen molar-refractivity contribution in [2.75, 3.05) is 0 Å². The van der Waals surface area contributed by atoms with Crippen molar-refractivity contribution in [2.45, 2.75) is 45.7 Å². The second kappa shape index (κ2) is 5.49. The standard InChI is InChI=1S/C15H23Si/c1-7-14-10-15(9-8-13(14)6)16(11(2)3)12(4)5/h7-12H,1H2,2-6H3. The third-order valence-electron chi connectivity index (χ3n) is 3.08. The summed E-state index contributed by atoms with van der Waals surface area (Å²) in [5, 5.41) is 1.55. The van der Waals surface area contributed by atoms with Crippen LogP contribution in [0, 0.1) is 6.92 Å². The number of benzene rings is 1. The summed E-state index contributed by atoms with van der Waals surface area (Å²) in [4.78, 5) is 0. The first-order valence-electron chi connectivity index (χ1n) is 6.07. The topological polar surface area (TPSA) is 0 Å². The highest BCUT2D eigenvalue weighted by atomic mass is 28.3. The largest absolute Gasteiger partial charge is 0.0985 e. The summed E-state index contributed by atoms with van der Waals surface area (Å²) >= 11 is 0.